The first-order chi connectivity index (χ1) is 9.11. The first-order valence-corrected chi connectivity index (χ1v) is 5.61. The maximum absolute atomic E-state index is 13.4. The van der Waals surface area contributed by atoms with Crippen LogP contribution in [0.3, 0.4) is 0 Å². The predicted molar refractivity (Wildman–Crippen MR) is 68.1 cm³/mol. The summed E-state index contributed by atoms with van der Waals surface area (Å²) in [7, 11) is 1.52. The molecule has 0 unspecified atom stereocenters. The molecule has 0 heterocycles. The van der Waals surface area contributed by atoms with Gasteiger partial charge in [0.1, 0.15) is 29.7 Å². The maximum atomic E-state index is 13.4. The minimum atomic E-state index is -0.646. The van der Waals surface area contributed by atoms with Crippen molar-refractivity contribution in [3.63, 3.8) is 0 Å². The van der Waals surface area contributed by atoms with Crippen LogP contribution in [0, 0.1) is 11.6 Å². The molecule has 0 aliphatic heterocycles. The number of nitrogens with two attached hydrogens (primary N) is 1. The first kappa shape index (κ1) is 13.1. The predicted octanol–water partition coefficient (Wildman–Crippen LogP) is 3.13. The van der Waals surface area contributed by atoms with E-state index in [9.17, 15) is 8.78 Å². The summed E-state index contributed by atoms with van der Waals surface area (Å²) < 4.78 is 37.1. The van der Waals surface area contributed by atoms with Crippen LogP contribution in [0.2, 0.25) is 0 Å². The molecule has 100 valence electrons. The van der Waals surface area contributed by atoms with Gasteiger partial charge in [-0.3, -0.25) is 0 Å². The topological polar surface area (TPSA) is 44.5 Å². The largest absolute Gasteiger partial charge is 0.497 e. The van der Waals surface area contributed by atoms with Crippen LogP contribution in [0.5, 0.6) is 11.5 Å². The molecule has 3 nitrogen and oxygen atoms in total. The summed E-state index contributed by atoms with van der Waals surface area (Å²) in [4.78, 5) is 0. The van der Waals surface area contributed by atoms with Crippen molar-refractivity contribution in [1.82, 2.24) is 0 Å². The van der Waals surface area contributed by atoms with Gasteiger partial charge in [0.25, 0.3) is 0 Å². The summed E-state index contributed by atoms with van der Waals surface area (Å²) in [6.07, 6.45) is 0. The average Bonchev–Trinajstić information content (AvgIpc) is 2.39. The summed E-state index contributed by atoms with van der Waals surface area (Å²) >= 11 is 0. The van der Waals surface area contributed by atoms with Crippen molar-refractivity contribution in [3.8, 4) is 11.5 Å². The molecule has 2 aromatic rings. The number of anilines is 1. The Kier molecular flexibility index (Phi) is 3.85. The van der Waals surface area contributed by atoms with Crippen LogP contribution in [0.1, 0.15) is 5.56 Å². The molecular weight excluding hydrogens is 252 g/mol. The van der Waals surface area contributed by atoms with Crippen LogP contribution >= 0.6 is 0 Å². The van der Waals surface area contributed by atoms with Crippen LogP contribution in [0.25, 0.3) is 0 Å². The molecule has 0 spiro atoms. The van der Waals surface area contributed by atoms with Crippen molar-refractivity contribution in [2.24, 2.45) is 0 Å². The van der Waals surface area contributed by atoms with E-state index in [4.69, 9.17) is 15.2 Å². The van der Waals surface area contributed by atoms with Gasteiger partial charge in [-0.1, -0.05) is 6.07 Å². The fourth-order valence-electron chi connectivity index (χ4n) is 1.61. The zero-order valence-corrected chi connectivity index (χ0v) is 10.3. The standard InChI is InChI=1S/C14H13F2NO2/c1-18-9-5-6-14(13(17)7-9)19-8-10-11(15)3-2-4-12(10)16/h2-7H,8,17H2,1H3. The van der Waals surface area contributed by atoms with E-state index in [2.05, 4.69) is 0 Å². The number of ether oxygens (including phenoxy) is 2. The van der Waals surface area contributed by atoms with Gasteiger partial charge in [-0.15, -0.1) is 0 Å². The lowest BCUT2D eigenvalue weighted by Crippen LogP contribution is -2.03. The van der Waals surface area contributed by atoms with Crippen LogP contribution in [-0.2, 0) is 6.61 Å². The molecule has 0 radical (unpaired) electrons. The van der Waals surface area contributed by atoms with Gasteiger partial charge in [-0.25, -0.2) is 8.78 Å². The molecule has 0 saturated carbocycles. The Labute approximate surface area is 109 Å². The smallest absolute Gasteiger partial charge is 0.142 e. The summed E-state index contributed by atoms with van der Waals surface area (Å²) in [5.41, 5.74) is 5.96. The highest BCUT2D eigenvalue weighted by Crippen LogP contribution is 2.27. The number of nitrogen functional groups attached to an aromatic ring is 1. The van der Waals surface area contributed by atoms with E-state index < -0.39 is 11.6 Å². The first-order valence-electron chi connectivity index (χ1n) is 5.61. The van der Waals surface area contributed by atoms with Crippen molar-refractivity contribution in [2.75, 3.05) is 12.8 Å². The van der Waals surface area contributed by atoms with Gasteiger partial charge in [0.15, 0.2) is 0 Å². The third-order valence-electron chi connectivity index (χ3n) is 2.65. The highest BCUT2D eigenvalue weighted by molar-refractivity contribution is 5.56. The molecule has 0 fully saturated rings. The molecule has 0 atom stereocenters. The number of hydrogen-bond donors (Lipinski definition) is 1. The molecule has 0 aliphatic carbocycles. The van der Waals surface area contributed by atoms with Gasteiger partial charge in [-0.05, 0) is 24.3 Å². The number of halogens is 2. The fraction of sp³-hybridized carbons (Fsp3) is 0.143. The number of benzene rings is 2. The van der Waals surface area contributed by atoms with Crippen molar-refractivity contribution in [1.29, 1.82) is 0 Å². The molecule has 0 aliphatic rings. The third-order valence-corrected chi connectivity index (χ3v) is 2.65. The van der Waals surface area contributed by atoms with Crippen molar-refractivity contribution in [2.45, 2.75) is 6.61 Å². The Hall–Kier alpha value is -2.30. The second-order valence-corrected chi connectivity index (χ2v) is 3.89. The zero-order chi connectivity index (χ0) is 13.8. The molecule has 0 amide bonds. The lowest BCUT2D eigenvalue weighted by Gasteiger charge is -2.11. The third kappa shape index (κ3) is 2.93. The second kappa shape index (κ2) is 5.56. The molecule has 0 aromatic heterocycles. The van der Waals surface area contributed by atoms with Crippen molar-refractivity contribution >= 4 is 5.69 Å². The Bertz CT molecular complexity index is 567. The van der Waals surface area contributed by atoms with E-state index in [1.807, 2.05) is 0 Å². The normalized spacial score (nSPS) is 10.3. The lowest BCUT2D eigenvalue weighted by atomic mass is 10.2. The van der Waals surface area contributed by atoms with Crippen molar-refractivity contribution in [3.05, 3.63) is 53.6 Å². The highest BCUT2D eigenvalue weighted by Gasteiger charge is 2.10. The monoisotopic (exact) mass is 265 g/mol. The van der Waals surface area contributed by atoms with E-state index in [0.29, 0.717) is 17.2 Å². The van der Waals surface area contributed by atoms with Crippen LogP contribution in [0.15, 0.2) is 36.4 Å². The minimum absolute atomic E-state index is 0.127. The average molecular weight is 265 g/mol. The molecule has 5 heteroatoms. The quantitative estimate of drug-likeness (QED) is 0.864. The second-order valence-electron chi connectivity index (χ2n) is 3.89. The molecule has 2 aromatic carbocycles. The summed E-state index contributed by atoms with van der Waals surface area (Å²) in [6.45, 7) is -0.227. The molecular formula is C14H13F2NO2. The summed E-state index contributed by atoms with van der Waals surface area (Å²) in [6, 6.07) is 8.48. The molecule has 0 saturated heterocycles. The van der Waals surface area contributed by atoms with Crippen molar-refractivity contribution < 1.29 is 18.3 Å². The Morgan fingerprint density at radius 1 is 1.11 bits per heavy atom. The van der Waals surface area contributed by atoms with E-state index in [0.717, 1.165) is 0 Å². The van der Waals surface area contributed by atoms with Gasteiger partial charge in [-0.2, -0.15) is 0 Å². The van der Waals surface area contributed by atoms with Gasteiger partial charge >= 0.3 is 0 Å². The van der Waals surface area contributed by atoms with Crippen LogP contribution in [-0.4, -0.2) is 7.11 Å². The van der Waals surface area contributed by atoms with Crippen LogP contribution < -0.4 is 15.2 Å². The molecule has 19 heavy (non-hydrogen) atoms. The Morgan fingerprint density at radius 2 is 1.79 bits per heavy atom. The highest BCUT2D eigenvalue weighted by atomic mass is 19.1. The Balaban J connectivity index is 2.15. The molecule has 2 N–H and O–H groups in total. The van der Waals surface area contributed by atoms with E-state index >= 15 is 0 Å². The summed E-state index contributed by atoms with van der Waals surface area (Å²) in [5, 5.41) is 0. The number of methoxy groups -OCH3 is 1. The van der Waals surface area contributed by atoms with E-state index in [1.54, 1.807) is 18.2 Å². The van der Waals surface area contributed by atoms with E-state index in [-0.39, 0.29) is 12.2 Å². The zero-order valence-electron chi connectivity index (χ0n) is 10.3. The SMILES string of the molecule is COc1ccc(OCc2c(F)cccc2F)c(N)c1. The summed E-state index contributed by atoms with van der Waals surface area (Å²) in [5.74, 6) is -0.357. The van der Waals surface area contributed by atoms with Gasteiger partial charge < -0.3 is 15.2 Å². The number of hydrogen-bond acceptors (Lipinski definition) is 3. The maximum Gasteiger partial charge on any atom is 0.142 e. The lowest BCUT2D eigenvalue weighted by molar-refractivity contribution is 0.293. The van der Waals surface area contributed by atoms with Crippen LogP contribution in [0.4, 0.5) is 14.5 Å². The Morgan fingerprint density at radius 3 is 2.37 bits per heavy atom. The van der Waals surface area contributed by atoms with Gasteiger partial charge in [0, 0.05) is 6.07 Å². The molecule has 0 bridgehead atoms. The minimum Gasteiger partial charge on any atom is -0.497 e. The van der Waals surface area contributed by atoms with E-state index in [1.165, 1.54) is 25.3 Å². The van der Waals surface area contributed by atoms with Gasteiger partial charge in [0.2, 0.25) is 0 Å². The number of rotatable bonds is 4. The molecule has 2 rings (SSSR count). The van der Waals surface area contributed by atoms with Gasteiger partial charge in [0.05, 0.1) is 18.4 Å². The fourth-order valence-corrected chi connectivity index (χ4v) is 1.61.